The van der Waals surface area contributed by atoms with E-state index < -0.39 is 228 Å². The first-order valence-electron chi connectivity index (χ1n) is 34.0. The van der Waals surface area contributed by atoms with Crippen LogP contribution in [0.15, 0.2) is 48.5 Å². The Bertz CT molecular complexity index is 3490. The fourth-order valence-corrected chi connectivity index (χ4v) is 14.7. The van der Waals surface area contributed by atoms with E-state index in [0.29, 0.717) is 16.9 Å². The van der Waals surface area contributed by atoms with E-state index in [-0.39, 0.29) is 73.4 Å². The van der Waals surface area contributed by atoms with Gasteiger partial charge in [0.2, 0.25) is 70.1 Å². The Kier molecular flexibility index (Phi) is 42.3. The molecule has 0 bridgehead atoms. The number of likely N-dealkylation sites (tertiary alicyclic amines) is 1. The molecular formula is C65H95N15O20S8. The molecule has 14 atom stereocenters. The zero-order valence-corrected chi connectivity index (χ0v) is 66.3. The predicted molar refractivity (Wildman–Crippen MR) is 419 cm³/mol. The molecule has 4 rings (SSSR count). The Labute approximate surface area is 662 Å². The molecule has 2 aliphatic rings. The van der Waals surface area contributed by atoms with Gasteiger partial charge in [-0.2, -0.15) is 50.5 Å². The number of rotatable bonds is 55. The fourth-order valence-electron chi connectivity index (χ4n) is 10.9. The molecule has 2 heterocycles. The van der Waals surface area contributed by atoms with E-state index >= 15 is 0 Å². The number of phenols is 2. The molecule has 2 aromatic carbocycles. The van der Waals surface area contributed by atoms with Gasteiger partial charge in [0.05, 0.1) is 81.0 Å². The van der Waals surface area contributed by atoms with Crippen molar-refractivity contribution < 1.29 is 97.1 Å². The minimum Gasteiger partial charge on any atom is -0.508 e. The molecule has 598 valence electrons. The van der Waals surface area contributed by atoms with Crippen LogP contribution in [-0.4, -0.2) is 282 Å². The van der Waals surface area contributed by atoms with Gasteiger partial charge in [-0.25, -0.2) is 32.6 Å². The molecule has 0 radical (unpaired) electrons. The van der Waals surface area contributed by atoms with E-state index in [1.807, 2.05) is 6.92 Å². The number of likely N-dealkylation sites (N-methyl/N-ethyl adjacent to an activating group) is 1. The second-order valence-electron chi connectivity index (χ2n) is 24.9. The average molecular weight is 1660 g/mol. The van der Waals surface area contributed by atoms with E-state index in [2.05, 4.69) is 127 Å². The zero-order chi connectivity index (χ0) is 80.5. The number of nitrogens with one attached hydrogen (secondary N) is 12. The normalized spacial score (nSPS) is 17.6. The van der Waals surface area contributed by atoms with Crippen LogP contribution in [-0.2, 0) is 89.6 Å². The molecule has 0 spiro atoms. The summed E-state index contributed by atoms with van der Waals surface area (Å²) in [6, 6.07) is -5.80. The highest BCUT2D eigenvalue weighted by molar-refractivity contribution is 8.76. The number of Topliss-reactive ketones (excluding diaryl/α,β-unsaturated/α-hetero) is 9. The summed E-state index contributed by atoms with van der Waals surface area (Å²) in [5.74, 6) is -15.6. The highest BCUT2D eigenvalue weighted by atomic mass is 33.1. The van der Waals surface area contributed by atoms with Crippen LogP contribution in [0.1, 0.15) is 70.4 Å². The van der Waals surface area contributed by atoms with Gasteiger partial charge in [-0.3, -0.25) is 82.0 Å². The molecule has 0 aliphatic carbocycles. The highest BCUT2D eigenvalue weighted by Crippen LogP contribution is 2.27. The molecule has 18 N–H and O–H groups in total. The number of carboxylic acid groups (broad SMARTS) is 1. The average Bonchev–Trinajstić information content (AvgIpc) is 1.62. The number of benzene rings is 2. The van der Waals surface area contributed by atoms with Crippen molar-refractivity contribution >= 4 is 188 Å². The van der Waals surface area contributed by atoms with Crippen molar-refractivity contribution in [2.24, 2.45) is 5.73 Å². The second kappa shape index (κ2) is 48.5. The summed E-state index contributed by atoms with van der Waals surface area (Å²) in [6.45, 7) is 3.16. The third-order valence-electron chi connectivity index (χ3n) is 17.1. The summed E-state index contributed by atoms with van der Waals surface area (Å²) in [5, 5.41) is 55.4. The third kappa shape index (κ3) is 29.8. The molecule has 2 unspecified atom stereocenters. The minimum atomic E-state index is -1.69. The molecule has 108 heavy (non-hydrogen) atoms. The molecular weight excluding hydrogens is 1570 g/mol. The monoisotopic (exact) mass is 1660 g/mol. The molecule has 2 saturated heterocycles. The summed E-state index contributed by atoms with van der Waals surface area (Å²) in [6.07, 6.45) is -3.83. The summed E-state index contributed by atoms with van der Waals surface area (Å²) in [5.41, 5.74) is 22.1. The quantitative estimate of drug-likeness (QED) is 0.00741. The number of phenolic OH excluding ortho intramolecular Hbond substituents is 2. The number of hydrogen-bond acceptors (Lipinski definition) is 36. The fraction of sp³-hybridized carbons (Fsp3) is 0.569. The molecule has 6 amide bonds. The van der Waals surface area contributed by atoms with Gasteiger partial charge in [-0.15, -0.1) is 11.7 Å². The first kappa shape index (κ1) is 94.1. The number of primary amides is 1. The smallest absolute Gasteiger partial charge is 0.303 e. The van der Waals surface area contributed by atoms with E-state index in [4.69, 9.17) is 5.73 Å². The number of nitrogens with two attached hydrogens (primary N) is 1. The zero-order valence-electron chi connectivity index (χ0n) is 59.4. The summed E-state index contributed by atoms with van der Waals surface area (Å²) in [7, 11) is 5.19. The number of carbonyl (C=O) groups is 16. The van der Waals surface area contributed by atoms with E-state index in [0.717, 1.165) is 15.7 Å². The van der Waals surface area contributed by atoms with Crippen LogP contribution in [0.5, 0.6) is 11.5 Å². The van der Waals surface area contributed by atoms with Crippen molar-refractivity contribution in [3.63, 3.8) is 0 Å². The van der Waals surface area contributed by atoms with E-state index in [9.17, 15) is 97.1 Å². The van der Waals surface area contributed by atoms with Crippen LogP contribution in [0.3, 0.4) is 0 Å². The second-order valence-corrected chi connectivity index (χ2v) is 30.6. The molecule has 43 heteroatoms. The van der Waals surface area contributed by atoms with Crippen LogP contribution in [0.2, 0.25) is 0 Å². The topological polar surface area (TPSA) is 531 Å². The Morgan fingerprint density at radius 3 is 1.72 bits per heavy atom. The van der Waals surface area contributed by atoms with Gasteiger partial charge in [0.25, 0.3) is 0 Å². The van der Waals surface area contributed by atoms with Crippen molar-refractivity contribution in [2.75, 3.05) is 73.6 Å². The van der Waals surface area contributed by atoms with Crippen LogP contribution < -0.4 is 70.2 Å². The van der Waals surface area contributed by atoms with E-state index in [1.54, 1.807) is 12.1 Å². The maximum atomic E-state index is 14.3. The van der Waals surface area contributed by atoms with Gasteiger partial charge in [-0.05, 0) is 88.4 Å². The molecule has 2 aliphatic heterocycles. The lowest BCUT2D eigenvalue weighted by molar-refractivity contribution is -0.144. The number of aliphatic hydroxyl groups is 1. The van der Waals surface area contributed by atoms with Crippen molar-refractivity contribution in [3.05, 3.63) is 59.7 Å². The van der Waals surface area contributed by atoms with Gasteiger partial charge in [0, 0.05) is 53.2 Å². The maximum Gasteiger partial charge on any atom is 0.303 e. The molecule has 2 fully saturated rings. The number of aliphatic carboxylic acids is 1. The number of aromatic hydroxyl groups is 2. The summed E-state index contributed by atoms with van der Waals surface area (Å²) >= 11 is 20.9. The number of thiol groups is 5. The number of nitrogens with zero attached hydrogens (tertiary/aromatic N) is 2. The lowest BCUT2D eigenvalue weighted by Gasteiger charge is -2.29. The number of carbonyl (C=O) groups excluding carboxylic acids is 15. The van der Waals surface area contributed by atoms with Crippen molar-refractivity contribution in [1.82, 2.24) is 74.3 Å². The number of ketones is 9. The Hall–Kier alpha value is -6.24. The van der Waals surface area contributed by atoms with E-state index in [1.165, 1.54) is 83.8 Å². The number of hydrogen-bond donors (Lipinski definition) is 22. The number of amides is 6. The van der Waals surface area contributed by atoms with Gasteiger partial charge in [-0.1, -0.05) is 63.6 Å². The van der Waals surface area contributed by atoms with Crippen LogP contribution in [0.4, 0.5) is 0 Å². The lowest BCUT2D eigenvalue weighted by Crippen LogP contribution is -2.61. The number of aliphatic hydroxyl groups excluding tert-OH is 1. The van der Waals surface area contributed by atoms with Gasteiger partial charge in [0.1, 0.15) is 47.8 Å². The Morgan fingerprint density at radius 1 is 0.648 bits per heavy atom. The first-order chi connectivity index (χ1) is 51.3. The van der Waals surface area contributed by atoms with Crippen LogP contribution in [0.25, 0.3) is 0 Å². The summed E-state index contributed by atoms with van der Waals surface area (Å²) < 4.78 is 0. The predicted octanol–water partition coefficient (Wildman–Crippen LogP) is -4.52. The molecule has 0 saturated carbocycles. The SMILES string of the molecule is CCSSCC(C(=O)C(=O)[C@H](CCC(=O)O)NN[C@@H](Cc1ccc(O)cc1)C(=O)N[C@@H](CS)C(=O)C(=O)[C@H](CS)NN[C@@H](CC(N)=O)C(=O)N1CCC[C@H]1C(=O)CC(=O)[C@H](C)NCC(=O)[C@H](CS)NN[C@H](C(=O)NCC(=O)N[C@@H](CS)C(=O)C(=O)[C@H](Cc1ccc(O)cc1)NC)[C@@H](C)O)N1CNC(CSS)C1=O. The van der Waals surface area contributed by atoms with Gasteiger partial charge < -0.3 is 62.5 Å². The van der Waals surface area contributed by atoms with Crippen molar-refractivity contribution in [1.29, 1.82) is 0 Å². The van der Waals surface area contributed by atoms with Crippen LogP contribution >= 0.6 is 94.6 Å². The first-order valence-corrected chi connectivity index (χ1v) is 41.0. The van der Waals surface area contributed by atoms with Crippen molar-refractivity contribution in [2.45, 2.75) is 157 Å². The van der Waals surface area contributed by atoms with Crippen molar-refractivity contribution in [3.8, 4) is 11.5 Å². The Morgan fingerprint density at radius 2 is 1.18 bits per heavy atom. The van der Waals surface area contributed by atoms with Gasteiger partial charge in [0.15, 0.2) is 17.3 Å². The number of hydrazine groups is 3. The largest absolute Gasteiger partial charge is 0.508 e. The summed E-state index contributed by atoms with van der Waals surface area (Å²) in [4.78, 5) is 218. The highest BCUT2D eigenvalue weighted by Gasteiger charge is 2.44. The molecule has 0 aromatic heterocycles. The number of carboxylic acids is 1. The van der Waals surface area contributed by atoms with Gasteiger partial charge >= 0.3 is 5.97 Å². The minimum absolute atomic E-state index is 0.00258. The molecule has 35 nitrogen and oxygen atoms in total. The third-order valence-corrected chi connectivity index (χ3v) is 21.9. The van der Waals surface area contributed by atoms with Crippen LogP contribution in [0, 0.1) is 0 Å². The maximum absolute atomic E-state index is 14.3. The lowest BCUT2D eigenvalue weighted by atomic mass is 9.97. The molecule has 2 aromatic rings. The standard InChI is InChI=1S/C65H95N15O20S8/c1-5-107-108-30-48(80-31-70-46(29-106-105)65(80)100)61(96)56(91)38(16-17-54(89)90)73-74-40(20-35-10-14-37(83)15-11-35)62(97)72-44(27-103)59(94)60(95)45(28-104)77-75-41(21-52(66)87)64(99)79-18-6-7-47(79)50(85)22-49(84)32(2)68-23-51(86)42(25-101)76-78-55(33(3)81)63(98)69-24-53(88)71-43(26-102)58(93)57(92)39(67-4)19-34-8-12-36(82)13-9-34/h8-15,32-33,38-48,55,67-68,70,73-78,81-83,101-105H,5-7,16-31H2,1-4H3,(H2,66,87)(H,69,98)(H,71,88)(H,72,97)(H,89,90)/t32-,33+,38-,39-,40-,41-,42-,43-,44-,45-,46?,47-,48?,55-/m0/s1. The Balaban J connectivity index is 1.36.